The van der Waals surface area contributed by atoms with Gasteiger partial charge in [-0.25, -0.2) is 14.6 Å². The van der Waals surface area contributed by atoms with Crippen molar-refractivity contribution in [1.82, 2.24) is 4.98 Å². The van der Waals surface area contributed by atoms with Gasteiger partial charge in [0.1, 0.15) is 11.4 Å². The molecule has 0 radical (unpaired) electrons. The standard InChI is InChI=1S/C47H47NO10/c1-46(2,3)32-21-31(22-33(39(32)49)47(4,5)6)43-48-38(29-23-34(52-7)41(35(24-29)53-8)57-44(50)27-17-13-11-14-18-27)40(56-43)30-25-36(54-9)42(37(26-30)55-10)58-45(51)28-19-15-12-16-20-28/h11-26,49H,1-10H3. The molecule has 0 bridgehead atoms. The highest BCUT2D eigenvalue weighted by Crippen LogP contribution is 2.49. The summed E-state index contributed by atoms with van der Waals surface area (Å²) in [6, 6.07) is 27.6. The van der Waals surface area contributed by atoms with Crippen molar-refractivity contribution in [3.05, 3.63) is 119 Å². The summed E-state index contributed by atoms with van der Waals surface area (Å²) in [5.41, 5.74) is 3.20. The molecule has 0 saturated carbocycles. The third-order valence-corrected chi connectivity index (χ3v) is 9.47. The number of aromatic nitrogens is 1. The predicted molar refractivity (Wildman–Crippen MR) is 221 cm³/mol. The third-order valence-electron chi connectivity index (χ3n) is 9.47. The molecule has 0 aliphatic carbocycles. The summed E-state index contributed by atoms with van der Waals surface area (Å²) in [4.78, 5) is 31.5. The lowest BCUT2D eigenvalue weighted by Crippen LogP contribution is -2.17. The predicted octanol–water partition coefficient (Wildman–Crippen LogP) is 10.4. The first-order chi connectivity index (χ1) is 27.6. The van der Waals surface area contributed by atoms with Gasteiger partial charge in [-0.05, 0) is 71.5 Å². The van der Waals surface area contributed by atoms with Crippen molar-refractivity contribution in [1.29, 1.82) is 0 Å². The average Bonchev–Trinajstić information content (AvgIpc) is 3.66. The molecule has 5 aromatic carbocycles. The Morgan fingerprint density at radius 3 is 1.29 bits per heavy atom. The highest BCUT2D eigenvalue weighted by atomic mass is 16.6. The first kappa shape index (κ1) is 40.9. The van der Waals surface area contributed by atoms with E-state index in [-0.39, 0.29) is 51.9 Å². The van der Waals surface area contributed by atoms with Crippen LogP contribution in [-0.4, -0.2) is 50.5 Å². The van der Waals surface area contributed by atoms with E-state index < -0.39 is 22.8 Å². The number of methoxy groups -OCH3 is 4. The lowest BCUT2D eigenvalue weighted by atomic mass is 9.78. The molecule has 1 heterocycles. The lowest BCUT2D eigenvalue weighted by molar-refractivity contribution is 0.0715. The van der Waals surface area contributed by atoms with Crippen LogP contribution >= 0.6 is 0 Å². The minimum absolute atomic E-state index is 0.0694. The molecule has 1 aromatic heterocycles. The molecule has 0 atom stereocenters. The number of esters is 2. The monoisotopic (exact) mass is 785 g/mol. The summed E-state index contributed by atoms with van der Waals surface area (Å²) in [7, 11) is 5.82. The number of rotatable bonds is 11. The van der Waals surface area contributed by atoms with Gasteiger partial charge in [-0.2, -0.15) is 0 Å². The first-order valence-electron chi connectivity index (χ1n) is 18.5. The number of carbonyl (C=O) groups excluding carboxylic acids is 2. The Bertz CT molecular complexity index is 2240. The molecule has 11 nitrogen and oxygen atoms in total. The number of benzene rings is 5. The number of ether oxygens (including phenoxy) is 6. The van der Waals surface area contributed by atoms with Crippen LogP contribution in [0.4, 0.5) is 0 Å². The fraction of sp³-hybridized carbons (Fsp3) is 0.255. The number of oxazole rings is 1. The van der Waals surface area contributed by atoms with E-state index in [0.29, 0.717) is 33.5 Å². The van der Waals surface area contributed by atoms with Gasteiger partial charge < -0.3 is 37.9 Å². The van der Waals surface area contributed by atoms with Gasteiger partial charge >= 0.3 is 11.9 Å². The summed E-state index contributed by atoms with van der Waals surface area (Å²) in [6.07, 6.45) is 0. The molecule has 58 heavy (non-hydrogen) atoms. The molecule has 11 heteroatoms. The number of carbonyl (C=O) groups is 2. The van der Waals surface area contributed by atoms with Crippen LogP contribution in [0.2, 0.25) is 0 Å². The first-order valence-corrected chi connectivity index (χ1v) is 18.5. The smallest absolute Gasteiger partial charge is 0.343 e. The van der Waals surface area contributed by atoms with Gasteiger partial charge in [-0.1, -0.05) is 77.9 Å². The van der Waals surface area contributed by atoms with Gasteiger partial charge in [0.2, 0.25) is 17.4 Å². The zero-order chi connectivity index (χ0) is 41.9. The third kappa shape index (κ3) is 8.34. The highest BCUT2D eigenvalue weighted by Gasteiger charge is 2.30. The summed E-state index contributed by atoms with van der Waals surface area (Å²) in [6.45, 7) is 12.2. The Hall–Kier alpha value is -6.75. The van der Waals surface area contributed by atoms with Crippen LogP contribution in [0.25, 0.3) is 34.0 Å². The van der Waals surface area contributed by atoms with E-state index in [9.17, 15) is 14.7 Å². The molecule has 0 fully saturated rings. The Kier molecular flexibility index (Phi) is 11.6. The molecule has 6 rings (SSSR count). The molecule has 0 amide bonds. The van der Waals surface area contributed by atoms with E-state index >= 15 is 0 Å². The summed E-state index contributed by atoms with van der Waals surface area (Å²) < 4.78 is 41.5. The van der Waals surface area contributed by atoms with E-state index in [1.54, 1.807) is 84.9 Å². The quantitative estimate of drug-likeness (QED) is 0.0993. The zero-order valence-electron chi connectivity index (χ0n) is 34.3. The molecule has 0 aliphatic heterocycles. The van der Waals surface area contributed by atoms with Crippen molar-refractivity contribution in [3.63, 3.8) is 0 Å². The van der Waals surface area contributed by atoms with Gasteiger partial charge in [0.05, 0.1) is 39.6 Å². The highest BCUT2D eigenvalue weighted by molar-refractivity contribution is 5.93. The number of aromatic hydroxyl groups is 1. The maximum Gasteiger partial charge on any atom is 0.343 e. The van der Waals surface area contributed by atoms with Crippen LogP contribution in [0.15, 0.2) is 101 Å². The van der Waals surface area contributed by atoms with E-state index in [1.807, 2.05) is 53.7 Å². The van der Waals surface area contributed by atoms with E-state index in [0.717, 1.165) is 11.1 Å². The number of hydrogen-bond donors (Lipinski definition) is 1. The second-order valence-electron chi connectivity index (χ2n) is 15.5. The van der Waals surface area contributed by atoms with Gasteiger partial charge in [0, 0.05) is 27.8 Å². The fourth-order valence-corrected chi connectivity index (χ4v) is 6.42. The lowest BCUT2D eigenvalue weighted by Gasteiger charge is -2.27. The average molecular weight is 786 g/mol. The molecular weight excluding hydrogens is 739 g/mol. The van der Waals surface area contributed by atoms with Crippen LogP contribution in [-0.2, 0) is 10.8 Å². The van der Waals surface area contributed by atoms with Gasteiger partial charge in [-0.15, -0.1) is 0 Å². The van der Waals surface area contributed by atoms with Crippen molar-refractivity contribution < 1.29 is 47.5 Å². The molecule has 300 valence electrons. The van der Waals surface area contributed by atoms with E-state index in [1.165, 1.54) is 28.4 Å². The Morgan fingerprint density at radius 2 is 0.931 bits per heavy atom. The van der Waals surface area contributed by atoms with Gasteiger partial charge in [-0.3, -0.25) is 0 Å². The molecular formula is C47H47NO10. The van der Waals surface area contributed by atoms with Crippen LogP contribution in [0.1, 0.15) is 73.4 Å². The summed E-state index contributed by atoms with van der Waals surface area (Å²) in [5, 5.41) is 11.5. The fourth-order valence-electron chi connectivity index (χ4n) is 6.42. The van der Waals surface area contributed by atoms with Crippen molar-refractivity contribution >= 4 is 11.9 Å². The van der Waals surface area contributed by atoms with Crippen molar-refractivity contribution in [2.24, 2.45) is 0 Å². The van der Waals surface area contributed by atoms with Crippen LogP contribution in [0.5, 0.6) is 40.2 Å². The SMILES string of the molecule is COc1cc(-c2nc(-c3cc(C(C)(C)C)c(O)c(C(C)(C)C)c3)oc2-c2cc(OC)c(OC(=O)c3ccccc3)c(OC)c2)cc(OC)c1OC(=O)c1ccccc1. The number of phenols is 1. The summed E-state index contributed by atoms with van der Waals surface area (Å²) >= 11 is 0. The van der Waals surface area contributed by atoms with Crippen LogP contribution in [0, 0.1) is 0 Å². The van der Waals surface area contributed by atoms with E-state index in [4.69, 9.17) is 37.8 Å². The second-order valence-corrected chi connectivity index (χ2v) is 15.5. The Labute approximate surface area is 338 Å². The van der Waals surface area contributed by atoms with Crippen molar-refractivity contribution in [3.8, 4) is 74.3 Å². The largest absolute Gasteiger partial charge is 0.507 e. The molecule has 0 spiro atoms. The second kappa shape index (κ2) is 16.4. The van der Waals surface area contributed by atoms with Crippen LogP contribution in [0.3, 0.4) is 0 Å². The van der Waals surface area contributed by atoms with Crippen molar-refractivity contribution in [2.75, 3.05) is 28.4 Å². The molecule has 6 aromatic rings. The Morgan fingerprint density at radius 1 is 0.552 bits per heavy atom. The Balaban J connectivity index is 1.58. The minimum Gasteiger partial charge on any atom is -0.507 e. The number of hydrogen-bond acceptors (Lipinski definition) is 11. The normalized spacial score (nSPS) is 11.5. The topological polar surface area (TPSA) is 136 Å². The molecule has 0 unspecified atom stereocenters. The van der Waals surface area contributed by atoms with Crippen molar-refractivity contribution in [2.45, 2.75) is 52.4 Å². The van der Waals surface area contributed by atoms with Gasteiger partial charge in [0.25, 0.3) is 0 Å². The van der Waals surface area contributed by atoms with Crippen LogP contribution < -0.4 is 28.4 Å². The van der Waals surface area contributed by atoms with E-state index in [2.05, 4.69) is 0 Å². The number of nitrogens with zero attached hydrogens (tertiary/aromatic N) is 1. The number of phenolic OH excluding ortho intramolecular Hbond substituents is 1. The minimum atomic E-state index is -0.600. The van der Waals surface area contributed by atoms with Gasteiger partial charge in [0.15, 0.2) is 28.8 Å². The molecule has 0 saturated heterocycles. The maximum atomic E-state index is 13.2. The maximum absolute atomic E-state index is 13.2. The zero-order valence-corrected chi connectivity index (χ0v) is 34.3. The molecule has 0 aliphatic rings. The summed E-state index contributed by atoms with van der Waals surface area (Å²) in [5.74, 6) is 0.458. The molecule has 1 N–H and O–H groups in total.